The van der Waals surface area contributed by atoms with Crippen LogP contribution < -0.4 is 34.5 Å². The number of anilines is 1. The van der Waals surface area contributed by atoms with Gasteiger partial charge in [0, 0.05) is 51.0 Å². The van der Waals surface area contributed by atoms with Gasteiger partial charge < -0.3 is 4.55 Å². The van der Waals surface area contributed by atoms with Gasteiger partial charge in [-0.25, -0.2) is 8.42 Å². The summed E-state index contributed by atoms with van der Waals surface area (Å²) in [5.41, 5.74) is 3.80. The molecule has 0 N–H and O–H groups in total. The van der Waals surface area contributed by atoms with E-state index in [0.29, 0.717) is 19.4 Å². The number of rotatable bonds is 9. The molecule has 0 fully saturated rings. The minimum atomic E-state index is -4.24. The van der Waals surface area contributed by atoms with Crippen molar-refractivity contribution in [1.82, 2.24) is 0 Å². The van der Waals surface area contributed by atoms with Crippen molar-refractivity contribution in [2.75, 3.05) is 17.2 Å². The molecule has 0 aliphatic carbocycles. The fourth-order valence-electron chi connectivity index (χ4n) is 5.01. The van der Waals surface area contributed by atoms with Crippen LogP contribution in [0.1, 0.15) is 39.2 Å². The Bertz CT molecular complexity index is 1730. The van der Waals surface area contributed by atoms with Crippen LogP contribution in [0, 0.1) is 6.07 Å². The molecule has 3 radical (unpaired) electrons. The predicted octanol–water partition coefficient (Wildman–Crippen LogP) is 1.08. The Balaban J connectivity index is 0.00000145. The summed E-state index contributed by atoms with van der Waals surface area (Å²) in [5, 5.41) is 2.26. The number of hydrogen-bond acceptors (Lipinski definition) is 7. The minimum Gasteiger partial charge on any atom is -0.748 e. The molecule has 1 aliphatic rings. The smallest absolute Gasteiger partial charge is 0.748 e. The average Bonchev–Trinajstić information content (AvgIpc) is 3.12. The molecule has 4 rings (SSSR count). The summed E-state index contributed by atoms with van der Waals surface area (Å²) in [5.74, 6) is -0.450. The first-order valence-electron chi connectivity index (χ1n) is 12.8. The third-order valence-electron chi connectivity index (χ3n) is 6.69. The van der Waals surface area contributed by atoms with Crippen molar-refractivity contribution in [3.8, 4) is 0 Å². The number of fused-ring (bicyclic) bond motifs is 3. The van der Waals surface area contributed by atoms with Gasteiger partial charge >= 0.3 is 40.2 Å². The van der Waals surface area contributed by atoms with Crippen LogP contribution in [0.25, 0.3) is 10.8 Å². The zero-order chi connectivity index (χ0) is 30.2. The van der Waals surface area contributed by atoms with Crippen LogP contribution in [-0.4, -0.2) is 62.5 Å². The number of carbonyl (C=O) groups excluding carboxylic acids is 1. The molecule has 0 spiro atoms. The number of benzene rings is 3. The normalized spacial score (nSPS) is 13.6. The van der Waals surface area contributed by atoms with Crippen molar-refractivity contribution in [2.45, 2.75) is 39.0 Å². The zero-order valence-corrected chi connectivity index (χ0v) is 28.2. The number of hydrogen-bond donors (Lipinski definition) is 0. The van der Waals surface area contributed by atoms with Gasteiger partial charge in [0.2, 0.25) is 11.6 Å². The van der Waals surface area contributed by atoms with E-state index in [9.17, 15) is 17.8 Å². The molecule has 0 aromatic heterocycles. The van der Waals surface area contributed by atoms with Crippen LogP contribution in [0.15, 0.2) is 85.1 Å². The second kappa shape index (κ2) is 16.8. The molecule has 3 aromatic carbocycles. The van der Waals surface area contributed by atoms with E-state index in [0.717, 1.165) is 27.9 Å². The largest absolute Gasteiger partial charge is 1.00 e. The van der Waals surface area contributed by atoms with Gasteiger partial charge in [-0.05, 0) is 44.5 Å². The molecule has 13 heteroatoms. The number of para-hydroxylation sites is 1. The summed E-state index contributed by atoms with van der Waals surface area (Å²) in [6, 6.07) is 22.7. The van der Waals surface area contributed by atoms with Crippen LogP contribution in [0.2, 0.25) is 0 Å². The van der Waals surface area contributed by atoms with Gasteiger partial charge in [-0.3, -0.25) is 9.69 Å². The van der Waals surface area contributed by atoms with E-state index >= 15 is 0 Å². The summed E-state index contributed by atoms with van der Waals surface area (Å²) < 4.78 is 60.8. The molecule has 0 atom stereocenters. The molecule has 9 nitrogen and oxygen atoms in total. The fourth-order valence-corrected chi connectivity index (χ4v) is 5.57. The molecule has 1 amide bonds. The molecule has 219 valence electrons. The molecule has 43 heavy (non-hydrogen) atoms. The third-order valence-corrected chi connectivity index (χ3v) is 7.48. The summed E-state index contributed by atoms with van der Waals surface area (Å²) in [7, 11) is -7.35. The summed E-state index contributed by atoms with van der Waals surface area (Å²) in [6.45, 7) is 6.47. The SMILES string of the molecule is CC(=O)N(/C=C/C=C/C1=[N+](CCCCS(=O)(=O)[O-])c2ccc3c[c-]ccc3c2C1(C)C)c1ccccc1.O=S(=O)=O.[B].[Na+]. The number of unbranched alkanes of at least 4 members (excludes halogenated alkanes) is 1. The monoisotopic (exact) mass is 629 g/mol. The molecule has 0 unspecified atom stereocenters. The standard InChI is InChI=1S/C30H32N2O4S.B.Na.O3S/c1-23(33)31(25-14-5-4-6-15-25)20-10-9-17-28-30(2,3)29-26-16-8-7-13-24(26)18-19-27(29)32(28)21-11-12-22-37(34,35)36;;;1-4(2)3/h4-6,8-10,13-20H,11-12,21-22H2,1-3H3,(H,34,35,36);;;/q;;+1;/p-1. The Labute approximate surface area is 278 Å². The van der Waals surface area contributed by atoms with Crippen LogP contribution in [-0.2, 0) is 30.9 Å². The molecular weight excluding hydrogens is 598 g/mol. The maximum absolute atomic E-state index is 12.2. The second-order valence-corrected chi connectivity index (χ2v) is 11.8. The first-order valence-corrected chi connectivity index (χ1v) is 15.4. The number of amides is 1. The van der Waals surface area contributed by atoms with Crippen LogP contribution in [0.4, 0.5) is 11.4 Å². The number of nitrogens with zero attached hydrogens (tertiary/aromatic N) is 2. The van der Waals surface area contributed by atoms with Crippen molar-refractivity contribution in [1.29, 1.82) is 0 Å². The van der Waals surface area contributed by atoms with Crippen molar-refractivity contribution in [2.24, 2.45) is 0 Å². The van der Waals surface area contributed by atoms with Gasteiger partial charge in [0.15, 0.2) is 5.71 Å². The van der Waals surface area contributed by atoms with Crippen LogP contribution in [0.5, 0.6) is 0 Å². The van der Waals surface area contributed by atoms with Crippen molar-refractivity contribution >= 4 is 62.9 Å². The zero-order valence-electron chi connectivity index (χ0n) is 24.6. The first-order chi connectivity index (χ1) is 19.3. The van der Waals surface area contributed by atoms with Crippen LogP contribution >= 0.6 is 0 Å². The Hall–Kier alpha value is -2.87. The molecule has 3 aromatic rings. The Morgan fingerprint density at radius 3 is 2.30 bits per heavy atom. The molecular formula is C30H31BN2NaO7S2. The van der Waals surface area contributed by atoms with E-state index in [4.69, 9.17) is 12.6 Å². The van der Waals surface area contributed by atoms with Crippen molar-refractivity contribution < 1.29 is 64.5 Å². The van der Waals surface area contributed by atoms with E-state index in [-0.39, 0.29) is 55.0 Å². The van der Waals surface area contributed by atoms with Gasteiger partial charge in [-0.15, -0.1) is 29.5 Å². The predicted molar refractivity (Wildman–Crippen MR) is 163 cm³/mol. The first kappa shape index (κ1) is 38.2. The van der Waals surface area contributed by atoms with Gasteiger partial charge in [0.25, 0.3) is 0 Å². The topological polar surface area (TPSA) is 132 Å². The Morgan fingerprint density at radius 2 is 1.70 bits per heavy atom. The molecule has 0 bridgehead atoms. The van der Waals surface area contributed by atoms with E-state index < -0.39 is 20.7 Å². The van der Waals surface area contributed by atoms with E-state index in [1.54, 1.807) is 11.1 Å². The van der Waals surface area contributed by atoms with Gasteiger partial charge in [0.05, 0.1) is 15.5 Å². The van der Waals surface area contributed by atoms with Gasteiger partial charge in [-0.2, -0.15) is 28.8 Å². The fraction of sp³-hybridized carbons (Fsp3) is 0.267. The molecule has 0 saturated heterocycles. The van der Waals surface area contributed by atoms with Crippen molar-refractivity contribution in [3.05, 3.63) is 96.7 Å². The quantitative estimate of drug-likeness (QED) is 0.0865. The van der Waals surface area contributed by atoms with E-state index in [1.165, 1.54) is 12.5 Å². The summed E-state index contributed by atoms with van der Waals surface area (Å²) in [6.07, 6.45) is 8.44. The minimum absolute atomic E-state index is 0. The van der Waals surface area contributed by atoms with Gasteiger partial charge in [0.1, 0.15) is 6.54 Å². The molecule has 0 saturated carbocycles. The van der Waals surface area contributed by atoms with E-state index in [2.05, 4.69) is 42.7 Å². The maximum Gasteiger partial charge on any atom is 1.00 e. The maximum atomic E-state index is 12.2. The summed E-state index contributed by atoms with van der Waals surface area (Å²) >= 11 is 0. The molecule has 1 heterocycles. The Morgan fingerprint density at radius 1 is 1.05 bits per heavy atom. The van der Waals surface area contributed by atoms with Crippen molar-refractivity contribution in [3.63, 3.8) is 0 Å². The number of carbonyl (C=O) groups is 1. The average molecular weight is 630 g/mol. The number of allylic oxidation sites excluding steroid dienone is 3. The summed E-state index contributed by atoms with van der Waals surface area (Å²) in [4.78, 5) is 13.8. The second-order valence-electron chi connectivity index (χ2n) is 9.87. The third kappa shape index (κ3) is 10.4. The van der Waals surface area contributed by atoms with Crippen LogP contribution in [0.3, 0.4) is 0 Å². The van der Waals surface area contributed by atoms with Gasteiger partial charge in [-0.1, -0.05) is 24.3 Å². The Kier molecular flexibility index (Phi) is 14.9. The molecule has 1 aliphatic heterocycles. The van der Waals surface area contributed by atoms with E-state index in [1.807, 2.05) is 60.7 Å².